The Morgan fingerprint density at radius 1 is 0.933 bits per heavy atom. The van der Waals surface area contributed by atoms with Crippen LogP contribution in [0.2, 0.25) is 0 Å². The Kier molecular flexibility index (Phi) is 9.60. The van der Waals surface area contributed by atoms with Crippen LogP contribution in [0.3, 0.4) is 0 Å². The number of carbonyl (C=O) groups excluding carboxylic acids is 1. The topological polar surface area (TPSA) is 141 Å². The van der Waals surface area contributed by atoms with E-state index in [4.69, 9.17) is 14.2 Å². The number of aromatic amines is 1. The average molecular weight is 612 g/mol. The van der Waals surface area contributed by atoms with Gasteiger partial charge in [-0.2, -0.15) is 4.98 Å². The van der Waals surface area contributed by atoms with Crippen molar-refractivity contribution in [3.63, 3.8) is 0 Å². The number of aromatic nitrogens is 4. The minimum atomic E-state index is -1.06. The maximum Gasteiger partial charge on any atom is 0.280 e. The molecule has 1 amide bonds. The third-order valence-corrected chi connectivity index (χ3v) is 7.66. The molecule has 45 heavy (non-hydrogen) atoms. The van der Waals surface area contributed by atoms with Crippen molar-refractivity contribution in [3.05, 3.63) is 112 Å². The molecular weight excluding hydrogens is 574 g/mol. The number of hydrogen-bond acceptors (Lipinski definition) is 8. The number of nitrogens with one attached hydrogen (secondary N) is 2. The molecule has 0 radical (unpaired) electrons. The molecule has 2 aromatic heterocycles. The molecule has 2 heterocycles. The number of carbonyl (C=O) groups is 1. The first-order valence-electron chi connectivity index (χ1n) is 14.6. The highest BCUT2D eigenvalue weighted by Crippen LogP contribution is 2.42. The van der Waals surface area contributed by atoms with E-state index in [0.717, 1.165) is 16.7 Å². The van der Waals surface area contributed by atoms with Crippen molar-refractivity contribution in [2.24, 2.45) is 11.8 Å². The largest absolute Gasteiger partial charge is 0.497 e. The monoisotopic (exact) mass is 611 g/mol. The predicted molar refractivity (Wildman–Crippen MR) is 170 cm³/mol. The molecule has 3 aromatic carbocycles. The van der Waals surface area contributed by atoms with Gasteiger partial charge in [-0.25, -0.2) is 4.98 Å². The summed E-state index contributed by atoms with van der Waals surface area (Å²) >= 11 is 0. The number of H-pyrrole nitrogens is 1. The first-order chi connectivity index (χ1) is 21.8. The summed E-state index contributed by atoms with van der Waals surface area (Å²) < 4.78 is 19.5. The quantitative estimate of drug-likeness (QED) is 0.167. The predicted octanol–water partition coefficient (Wildman–Crippen LogP) is 4.35. The molecule has 5 aromatic rings. The lowest BCUT2D eigenvalue weighted by molar-refractivity contribution is -0.118. The van der Waals surface area contributed by atoms with Gasteiger partial charge in [0.15, 0.2) is 11.2 Å². The Labute approximate surface area is 260 Å². The Balaban J connectivity index is 1.52. The van der Waals surface area contributed by atoms with Crippen molar-refractivity contribution < 1.29 is 24.1 Å². The zero-order valence-electron chi connectivity index (χ0n) is 25.7. The molecule has 1 atom stereocenters. The van der Waals surface area contributed by atoms with Crippen LogP contribution in [-0.4, -0.2) is 58.0 Å². The molecule has 0 aliphatic carbocycles. The normalized spacial score (nSPS) is 12.3. The minimum Gasteiger partial charge on any atom is -0.497 e. The fraction of sp³-hybridized carbons (Fsp3) is 0.294. The highest BCUT2D eigenvalue weighted by atomic mass is 16.5. The summed E-state index contributed by atoms with van der Waals surface area (Å²) in [6, 6.07) is 25.3. The molecule has 0 unspecified atom stereocenters. The number of rotatable bonds is 13. The van der Waals surface area contributed by atoms with E-state index in [2.05, 4.69) is 20.3 Å². The lowest BCUT2D eigenvalue weighted by atomic mass is 9.80. The highest BCUT2D eigenvalue weighted by Gasteiger charge is 2.38. The van der Waals surface area contributed by atoms with Gasteiger partial charge in [0.25, 0.3) is 5.56 Å². The third-order valence-electron chi connectivity index (χ3n) is 7.66. The number of aliphatic hydroxyl groups is 1. The standard InChI is InChI=1S/C34H37N5O6/c1-22(2)31(41)37-33-36-30-29(32(42)38-33)35-21-39(30)18-23(19-40)20-45-34(24-8-6-5-7-9-24,25-10-14-27(43-3)15-11-25)26-12-16-28(44-4)17-13-26/h5-17,21-23,40H,18-20H2,1-4H3,(H2,36,37,38,41,42)/t23-/m0/s1. The smallest absolute Gasteiger partial charge is 0.280 e. The van der Waals surface area contributed by atoms with Gasteiger partial charge in [0.2, 0.25) is 11.9 Å². The number of benzene rings is 3. The number of imidazole rings is 1. The first kappa shape index (κ1) is 31.4. The van der Waals surface area contributed by atoms with Gasteiger partial charge in [-0.05, 0) is 41.0 Å². The van der Waals surface area contributed by atoms with Crippen LogP contribution in [0, 0.1) is 11.8 Å². The number of amides is 1. The van der Waals surface area contributed by atoms with Crippen LogP contribution in [0.1, 0.15) is 30.5 Å². The molecule has 0 spiro atoms. The lowest BCUT2D eigenvalue weighted by Crippen LogP contribution is -2.36. The van der Waals surface area contributed by atoms with Crippen molar-refractivity contribution in [2.45, 2.75) is 26.0 Å². The summed E-state index contributed by atoms with van der Waals surface area (Å²) in [4.78, 5) is 36.2. The summed E-state index contributed by atoms with van der Waals surface area (Å²) in [7, 11) is 3.24. The molecule has 11 heteroatoms. The Hall–Kier alpha value is -5.00. The number of fused-ring (bicyclic) bond motifs is 1. The van der Waals surface area contributed by atoms with Crippen molar-refractivity contribution in [1.29, 1.82) is 0 Å². The fourth-order valence-electron chi connectivity index (χ4n) is 5.17. The van der Waals surface area contributed by atoms with Gasteiger partial charge in [-0.1, -0.05) is 68.4 Å². The number of aliphatic hydroxyl groups excluding tert-OH is 1. The first-order valence-corrected chi connectivity index (χ1v) is 14.6. The van der Waals surface area contributed by atoms with Gasteiger partial charge in [0, 0.05) is 25.0 Å². The van der Waals surface area contributed by atoms with E-state index < -0.39 is 17.1 Å². The van der Waals surface area contributed by atoms with E-state index in [0.29, 0.717) is 11.5 Å². The summed E-state index contributed by atoms with van der Waals surface area (Å²) in [5.74, 6) is 0.459. The molecule has 0 saturated carbocycles. The van der Waals surface area contributed by atoms with E-state index in [1.165, 1.54) is 6.33 Å². The van der Waals surface area contributed by atoms with Crippen LogP contribution in [-0.2, 0) is 21.7 Å². The van der Waals surface area contributed by atoms with Crippen LogP contribution in [0.4, 0.5) is 5.95 Å². The summed E-state index contributed by atoms with van der Waals surface area (Å²) in [6.07, 6.45) is 1.50. The molecule has 3 N–H and O–H groups in total. The molecular formula is C34H37N5O6. The average Bonchev–Trinajstić information content (AvgIpc) is 3.48. The van der Waals surface area contributed by atoms with Crippen LogP contribution in [0.5, 0.6) is 11.5 Å². The highest BCUT2D eigenvalue weighted by molar-refractivity contribution is 5.91. The third kappa shape index (κ3) is 6.59. The molecule has 0 aliphatic rings. The van der Waals surface area contributed by atoms with Gasteiger partial charge in [-0.15, -0.1) is 0 Å². The van der Waals surface area contributed by atoms with Gasteiger partial charge >= 0.3 is 0 Å². The fourth-order valence-corrected chi connectivity index (χ4v) is 5.17. The van der Waals surface area contributed by atoms with Gasteiger partial charge in [0.1, 0.15) is 17.1 Å². The second kappa shape index (κ2) is 13.7. The van der Waals surface area contributed by atoms with Gasteiger partial charge < -0.3 is 23.9 Å². The molecule has 0 fully saturated rings. The van der Waals surface area contributed by atoms with Gasteiger partial charge in [-0.3, -0.25) is 19.9 Å². The molecule has 234 valence electrons. The van der Waals surface area contributed by atoms with Crippen molar-refractivity contribution >= 4 is 23.0 Å². The number of anilines is 1. The van der Waals surface area contributed by atoms with E-state index in [-0.39, 0.29) is 48.7 Å². The van der Waals surface area contributed by atoms with Gasteiger partial charge in [0.05, 0.1) is 27.2 Å². The number of ether oxygens (including phenoxy) is 3. The second-order valence-electron chi connectivity index (χ2n) is 11.0. The van der Waals surface area contributed by atoms with Crippen LogP contribution >= 0.6 is 0 Å². The minimum absolute atomic E-state index is 0.0341. The van der Waals surface area contributed by atoms with Crippen LogP contribution in [0.15, 0.2) is 90.0 Å². The number of nitrogens with zero attached hydrogens (tertiary/aromatic N) is 3. The van der Waals surface area contributed by atoms with E-state index >= 15 is 0 Å². The summed E-state index contributed by atoms with van der Waals surface area (Å²) in [6.45, 7) is 3.65. The lowest BCUT2D eigenvalue weighted by Gasteiger charge is -2.37. The maximum absolute atomic E-state index is 12.7. The second-order valence-corrected chi connectivity index (χ2v) is 11.0. The number of methoxy groups -OCH3 is 2. The van der Waals surface area contributed by atoms with E-state index in [9.17, 15) is 14.7 Å². The van der Waals surface area contributed by atoms with Crippen molar-refractivity contribution in [3.8, 4) is 11.5 Å². The molecule has 0 bridgehead atoms. The van der Waals surface area contributed by atoms with Crippen molar-refractivity contribution in [1.82, 2.24) is 19.5 Å². The maximum atomic E-state index is 12.7. The van der Waals surface area contributed by atoms with Crippen LogP contribution < -0.4 is 20.3 Å². The van der Waals surface area contributed by atoms with Crippen molar-refractivity contribution in [2.75, 3.05) is 32.8 Å². The number of hydrogen-bond donors (Lipinski definition) is 3. The Morgan fingerprint density at radius 2 is 1.51 bits per heavy atom. The van der Waals surface area contributed by atoms with E-state index in [1.807, 2.05) is 78.9 Å². The molecule has 5 rings (SSSR count). The molecule has 0 aliphatic heterocycles. The van der Waals surface area contributed by atoms with Crippen LogP contribution in [0.25, 0.3) is 11.2 Å². The summed E-state index contributed by atoms with van der Waals surface area (Å²) in [5, 5.41) is 13.2. The molecule has 0 saturated heterocycles. The Bertz CT molecular complexity index is 1740. The SMILES string of the molecule is COc1ccc(C(OC[C@H](CO)Cn2cnc3c(=O)[nH]c(NC(=O)C(C)C)nc32)(c2ccccc2)c2ccc(OC)cc2)cc1. The Morgan fingerprint density at radius 3 is 2.04 bits per heavy atom. The zero-order chi connectivity index (χ0) is 32.0. The molecule has 11 nitrogen and oxygen atoms in total. The van der Waals surface area contributed by atoms with E-state index in [1.54, 1.807) is 32.6 Å². The summed E-state index contributed by atoms with van der Waals surface area (Å²) in [5.41, 5.74) is 1.50. The zero-order valence-corrected chi connectivity index (χ0v) is 25.7.